The molecule has 5 heteroatoms. The maximum absolute atomic E-state index is 11.8. The molecule has 0 bridgehead atoms. The van der Waals surface area contributed by atoms with Crippen LogP contribution in [-0.2, 0) is 16.1 Å². The number of benzene rings is 1. The van der Waals surface area contributed by atoms with E-state index in [0.29, 0.717) is 19.3 Å². The molecule has 1 unspecified atom stereocenters. The highest BCUT2D eigenvalue weighted by Crippen LogP contribution is 2.15. The van der Waals surface area contributed by atoms with Crippen LogP contribution in [0.2, 0.25) is 0 Å². The van der Waals surface area contributed by atoms with Gasteiger partial charge in [-0.1, -0.05) is 36.4 Å². The molecular formula is C16H21NO4. The van der Waals surface area contributed by atoms with Gasteiger partial charge in [-0.05, 0) is 31.7 Å². The average Bonchev–Trinajstić information content (AvgIpc) is 2.46. The first-order valence-corrected chi connectivity index (χ1v) is 6.81. The molecule has 0 aromatic heterocycles. The second-order valence-electron chi connectivity index (χ2n) is 5.00. The summed E-state index contributed by atoms with van der Waals surface area (Å²) in [6.45, 7) is 5.17. The van der Waals surface area contributed by atoms with Crippen molar-refractivity contribution in [3.63, 3.8) is 0 Å². The molecule has 1 aromatic rings. The predicted octanol–water partition coefficient (Wildman–Crippen LogP) is 3.11. The molecule has 0 aliphatic carbocycles. The minimum Gasteiger partial charge on any atom is -0.480 e. The molecule has 0 spiro atoms. The lowest BCUT2D eigenvalue weighted by Crippen LogP contribution is -2.52. The van der Waals surface area contributed by atoms with Gasteiger partial charge in [-0.2, -0.15) is 0 Å². The fourth-order valence-corrected chi connectivity index (χ4v) is 1.81. The number of carboxylic acid groups (broad SMARTS) is 1. The molecule has 0 heterocycles. The number of amides is 1. The number of nitrogens with one attached hydrogen (secondary N) is 1. The van der Waals surface area contributed by atoms with Gasteiger partial charge in [0, 0.05) is 0 Å². The summed E-state index contributed by atoms with van der Waals surface area (Å²) in [5.74, 6) is -1.08. The smallest absolute Gasteiger partial charge is 0.408 e. The minimum atomic E-state index is -1.34. The standard InChI is InChI=1S/C16H21NO4/c1-3-4-8-11-16(2,14(18)19)17-15(20)21-12-13-9-6-5-7-10-13/h3,5-7,9-10H,1,4,8,11-12H2,2H3,(H,17,20)(H,18,19). The van der Waals surface area contributed by atoms with E-state index in [1.165, 1.54) is 6.92 Å². The van der Waals surface area contributed by atoms with Crippen molar-refractivity contribution in [3.05, 3.63) is 48.6 Å². The zero-order valence-corrected chi connectivity index (χ0v) is 12.2. The van der Waals surface area contributed by atoms with Gasteiger partial charge in [-0.25, -0.2) is 9.59 Å². The van der Waals surface area contributed by atoms with Crippen LogP contribution in [0.1, 0.15) is 31.7 Å². The monoisotopic (exact) mass is 291 g/mol. The van der Waals surface area contributed by atoms with Crippen LogP contribution in [0.5, 0.6) is 0 Å². The Morgan fingerprint density at radius 2 is 2.05 bits per heavy atom. The fraction of sp³-hybridized carbons (Fsp3) is 0.375. The van der Waals surface area contributed by atoms with Crippen LogP contribution in [0.25, 0.3) is 0 Å². The Kier molecular flexibility index (Phi) is 6.46. The lowest BCUT2D eigenvalue weighted by Gasteiger charge is -2.25. The number of allylic oxidation sites excluding steroid dienone is 1. The number of alkyl carbamates (subject to hydrolysis) is 1. The summed E-state index contributed by atoms with van der Waals surface area (Å²) >= 11 is 0. The van der Waals surface area contributed by atoms with E-state index in [4.69, 9.17) is 4.74 Å². The van der Waals surface area contributed by atoms with Gasteiger partial charge >= 0.3 is 12.1 Å². The van der Waals surface area contributed by atoms with E-state index in [0.717, 1.165) is 5.56 Å². The molecule has 1 atom stereocenters. The summed E-state index contributed by atoms with van der Waals surface area (Å²) in [5.41, 5.74) is -0.493. The predicted molar refractivity (Wildman–Crippen MR) is 79.9 cm³/mol. The highest BCUT2D eigenvalue weighted by molar-refractivity contribution is 5.83. The van der Waals surface area contributed by atoms with Crippen molar-refractivity contribution in [2.24, 2.45) is 0 Å². The van der Waals surface area contributed by atoms with E-state index >= 15 is 0 Å². The second kappa shape index (κ2) is 8.09. The van der Waals surface area contributed by atoms with Gasteiger partial charge in [0.25, 0.3) is 0 Å². The molecule has 114 valence electrons. The molecule has 0 saturated heterocycles. The molecule has 1 amide bonds. The van der Waals surface area contributed by atoms with E-state index < -0.39 is 17.6 Å². The largest absolute Gasteiger partial charge is 0.480 e. The van der Waals surface area contributed by atoms with Crippen LogP contribution in [0.3, 0.4) is 0 Å². The van der Waals surface area contributed by atoms with Crippen molar-refractivity contribution in [1.82, 2.24) is 5.32 Å². The zero-order chi connectivity index (χ0) is 15.7. The minimum absolute atomic E-state index is 0.106. The Hall–Kier alpha value is -2.30. The van der Waals surface area contributed by atoms with Gasteiger partial charge in [0.05, 0.1) is 0 Å². The number of hydrogen-bond donors (Lipinski definition) is 2. The molecule has 0 aliphatic rings. The highest BCUT2D eigenvalue weighted by Gasteiger charge is 2.34. The van der Waals surface area contributed by atoms with E-state index in [2.05, 4.69) is 11.9 Å². The maximum atomic E-state index is 11.8. The quantitative estimate of drug-likeness (QED) is 0.570. The molecular weight excluding hydrogens is 270 g/mol. The fourth-order valence-electron chi connectivity index (χ4n) is 1.81. The first kappa shape index (κ1) is 16.8. The van der Waals surface area contributed by atoms with Gasteiger partial charge in [0.1, 0.15) is 12.1 Å². The van der Waals surface area contributed by atoms with Crippen LogP contribution in [0.15, 0.2) is 43.0 Å². The normalized spacial score (nSPS) is 13.0. The number of carbonyl (C=O) groups is 2. The summed E-state index contributed by atoms with van der Waals surface area (Å²) in [7, 11) is 0. The first-order chi connectivity index (χ1) is 9.98. The lowest BCUT2D eigenvalue weighted by molar-refractivity contribution is -0.144. The van der Waals surface area contributed by atoms with Gasteiger partial charge in [0.2, 0.25) is 0 Å². The number of ether oxygens (including phenoxy) is 1. The van der Waals surface area contributed by atoms with Crippen molar-refractivity contribution in [3.8, 4) is 0 Å². The van der Waals surface area contributed by atoms with Crippen molar-refractivity contribution < 1.29 is 19.4 Å². The van der Waals surface area contributed by atoms with Crippen LogP contribution in [-0.4, -0.2) is 22.7 Å². The number of rotatable bonds is 8. The maximum Gasteiger partial charge on any atom is 0.408 e. The molecule has 0 fully saturated rings. The molecule has 0 saturated carbocycles. The topological polar surface area (TPSA) is 75.6 Å². The van der Waals surface area contributed by atoms with Crippen LogP contribution in [0, 0.1) is 0 Å². The molecule has 5 nitrogen and oxygen atoms in total. The summed E-state index contributed by atoms with van der Waals surface area (Å²) < 4.78 is 5.05. The Bertz CT molecular complexity index is 486. The summed E-state index contributed by atoms with van der Waals surface area (Å²) in [4.78, 5) is 23.1. The number of carbonyl (C=O) groups excluding carboxylic acids is 1. The lowest BCUT2D eigenvalue weighted by atomic mass is 9.95. The third-order valence-corrected chi connectivity index (χ3v) is 3.15. The second-order valence-corrected chi connectivity index (χ2v) is 5.00. The van der Waals surface area contributed by atoms with Crippen LogP contribution in [0.4, 0.5) is 4.79 Å². The van der Waals surface area contributed by atoms with Gasteiger partial charge in [0.15, 0.2) is 0 Å². The van der Waals surface area contributed by atoms with E-state index in [9.17, 15) is 14.7 Å². The van der Waals surface area contributed by atoms with Gasteiger partial charge in [-0.3, -0.25) is 0 Å². The van der Waals surface area contributed by atoms with Gasteiger partial charge in [-0.15, -0.1) is 6.58 Å². The van der Waals surface area contributed by atoms with Crippen molar-refractivity contribution in [1.29, 1.82) is 0 Å². The summed E-state index contributed by atoms with van der Waals surface area (Å²) in [6, 6.07) is 9.20. The average molecular weight is 291 g/mol. The molecule has 0 radical (unpaired) electrons. The van der Waals surface area contributed by atoms with Gasteiger partial charge < -0.3 is 15.2 Å². The van der Waals surface area contributed by atoms with Crippen molar-refractivity contribution in [2.75, 3.05) is 0 Å². The SMILES string of the molecule is C=CCCCC(C)(NC(=O)OCc1ccccc1)C(=O)O. The third kappa shape index (κ3) is 5.69. The van der Waals surface area contributed by atoms with Crippen LogP contribution >= 0.6 is 0 Å². The molecule has 0 aliphatic heterocycles. The summed E-state index contributed by atoms with van der Waals surface area (Å²) in [5, 5.41) is 11.7. The molecule has 2 N–H and O–H groups in total. The van der Waals surface area contributed by atoms with Crippen molar-refractivity contribution in [2.45, 2.75) is 38.3 Å². The molecule has 1 rings (SSSR count). The Labute approximate surface area is 124 Å². The molecule has 1 aromatic carbocycles. The van der Waals surface area contributed by atoms with Crippen LogP contribution < -0.4 is 5.32 Å². The Morgan fingerprint density at radius 3 is 2.62 bits per heavy atom. The molecule has 21 heavy (non-hydrogen) atoms. The number of carboxylic acids is 1. The first-order valence-electron chi connectivity index (χ1n) is 6.81. The Balaban J connectivity index is 2.52. The third-order valence-electron chi connectivity index (χ3n) is 3.15. The van der Waals surface area contributed by atoms with E-state index in [1.54, 1.807) is 6.08 Å². The van der Waals surface area contributed by atoms with E-state index in [1.807, 2.05) is 30.3 Å². The van der Waals surface area contributed by atoms with Crippen molar-refractivity contribution >= 4 is 12.1 Å². The zero-order valence-electron chi connectivity index (χ0n) is 12.2. The highest BCUT2D eigenvalue weighted by atomic mass is 16.5. The number of unbranched alkanes of at least 4 members (excludes halogenated alkanes) is 1. The van der Waals surface area contributed by atoms with E-state index in [-0.39, 0.29) is 6.61 Å². The number of aliphatic carboxylic acids is 1. The Morgan fingerprint density at radius 1 is 1.38 bits per heavy atom. The summed E-state index contributed by atoms with van der Waals surface area (Å²) in [6.07, 6.45) is 2.63. The number of hydrogen-bond acceptors (Lipinski definition) is 3.